The Hall–Kier alpha value is -2.18. The van der Waals surface area contributed by atoms with Crippen molar-refractivity contribution in [1.29, 1.82) is 0 Å². The molecule has 1 heterocycles. The lowest BCUT2D eigenvalue weighted by molar-refractivity contribution is -0.112. The van der Waals surface area contributed by atoms with E-state index in [1.165, 1.54) is 0 Å². The van der Waals surface area contributed by atoms with Gasteiger partial charge in [-0.05, 0) is 6.92 Å². The molecule has 0 fully saturated rings. The second-order valence-electron chi connectivity index (χ2n) is 4.28. The van der Waals surface area contributed by atoms with E-state index in [1.54, 1.807) is 16.7 Å². The van der Waals surface area contributed by atoms with E-state index in [1.807, 2.05) is 28.2 Å². The molecule has 0 aliphatic carbocycles. The zero-order valence-electron chi connectivity index (χ0n) is 11.4. The summed E-state index contributed by atoms with van der Waals surface area (Å²) in [6, 6.07) is 0. The SMILES string of the molecule is C=C(C)C(=O)Nc1nc(N(C)C)nc(N(C)C)n1. The first kappa shape index (κ1) is 13.9. The molecule has 1 N–H and O–H groups in total. The fourth-order valence-electron chi connectivity index (χ4n) is 1.02. The highest BCUT2D eigenvalue weighted by Gasteiger charge is 2.12. The normalized spacial score (nSPS) is 9.83. The summed E-state index contributed by atoms with van der Waals surface area (Å²) in [5, 5.41) is 2.58. The maximum Gasteiger partial charge on any atom is 0.253 e. The topological polar surface area (TPSA) is 74.2 Å². The van der Waals surface area contributed by atoms with Crippen LogP contribution in [0.4, 0.5) is 17.8 Å². The van der Waals surface area contributed by atoms with E-state index in [4.69, 9.17) is 0 Å². The molecule has 0 spiro atoms. The predicted molar refractivity (Wildman–Crippen MR) is 71.9 cm³/mol. The molecule has 0 aliphatic rings. The molecule has 1 aromatic rings. The van der Waals surface area contributed by atoms with Gasteiger partial charge in [-0.1, -0.05) is 6.58 Å². The van der Waals surface area contributed by atoms with Crippen LogP contribution < -0.4 is 15.1 Å². The number of aromatic nitrogens is 3. The van der Waals surface area contributed by atoms with E-state index < -0.39 is 0 Å². The van der Waals surface area contributed by atoms with Crippen molar-refractivity contribution in [2.24, 2.45) is 0 Å². The molecule has 1 amide bonds. The van der Waals surface area contributed by atoms with Crippen LogP contribution in [0.25, 0.3) is 0 Å². The van der Waals surface area contributed by atoms with Gasteiger partial charge < -0.3 is 9.80 Å². The van der Waals surface area contributed by atoms with Crippen molar-refractivity contribution in [3.05, 3.63) is 12.2 Å². The summed E-state index contributed by atoms with van der Waals surface area (Å²) in [6.07, 6.45) is 0. The number of carbonyl (C=O) groups is 1. The van der Waals surface area contributed by atoms with Gasteiger partial charge in [-0.15, -0.1) is 0 Å². The molecule has 0 saturated carbocycles. The molecule has 0 saturated heterocycles. The first-order chi connectivity index (χ1) is 8.31. The van der Waals surface area contributed by atoms with Crippen LogP contribution in [0.15, 0.2) is 12.2 Å². The fourth-order valence-corrected chi connectivity index (χ4v) is 1.02. The first-order valence-corrected chi connectivity index (χ1v) is 5.39. The maximum absolute atomic E-state index is 11.5. The molecule has 7 nitrogen and oxygen atoms in total. The van der Waals surface area contributed by atoms with Gasteiger partial charge >= 0.3 is 0 Å². The Kier molecular flexibility index (Phi) is 4.19. The van der Waals surface area contributed by atoms with Gasteiger partial charge in [0.05, 0.1) is 0 Å². The van der Waals surface area contributed by atoms with Gasteiger partial charge in [0, 0.05) is 33.8 Å². The van der Waals surface area contributed by atoms with Crippen LogP contribution in [0.3, 0.4) is 0 Å². The predicted octanol–water partition coefficient (Wildman–Crippen LogP) is 0.518. The largest absolute Gasteiger partial charge is 0.347 e. The Morgan fingerprint density at radius 3 is 1.83 bits per heavy atom. The van der Waals surface area contributed by atoms with E-state index in [9.17, 15) is 4.79 Å². The van der Waals surface area contributed by atoms with Crippen LogP contribution in [0.1, 0.15) is 6.92 Å². The zero-order valence-corrected chi connectivity index (χ0v) is 11.4. The molecule has 1 rings (SSSR count). The summed E-state index contributed by atoms with van der Waals surface area (Å²) in [5.41, 5.74) is 0.396. The average molecular weight is 250 g/mol. The van der Waals surface area contributed by atoms with Gasteiger partial charge in [0.1, 0.15) is 0 Å². The van der Waals surface area contributed by atoms with E-state index in [-0.39, 0.29) is 11.9 Å². The fraction of sp³-hybridized carbons (Fsp3) is 0.455. The molecule has 0 atom stereocenters. The lowest BCUT2D eigenvalue weighted by Gasteiger charge is -2.16. The van der Waals surface area contributed by atoms with Gasteiger partial charge in [0.2, 0.25) is 17.8 Å². The summed E-state index contributed by atoms with van der Waals surface area (Å²) in [7, 11) is 7.27. The number of hydrogen-bond donors (Lipinski definition) is 1. The number of hydrogen-bond acceptors (Lipinski definition) is 6. The Labute approximate surface area is 107 Å². The minimum absolute atomic E-state index is 0.213. The minimum Gasteiger partial charge on any atom is -0.347 e. The quantitative estimate of drug-likeness (QED) is 0.785. The number of anilines is 3. The van der Waals surface area contributed by atoms with Crippen LogP contribution in [0.2, 0.25) is 0 Å². The van der Waals surface area contributed by atoms with E-state index in [2.05, 4.69) is 26.8 Å². The van der Waals surface area contributed by atoms with Crippen molar-refractivity contribution in [1.82, 2.24) is 15.0 Å². The molecule has 1 aromatic heterocycles. The lowest BCUT2D eigenvalue weighted by atomic mass is 10.3. The summed E-state index contributed by atoms with van der Waals surface area (Å²) in [5.74, 6) is 0.859. The maximum atomic E-state index is 11.5. The minimum atomic E-state index is -0.310. The van der Waals surface area contributed by atoms with Gasteiger partial charge in [-0.2, -0.15) is 15.0 Å². The second kappa shape index (κ2) is 5.44. The van der Waals surface area contributed by atoms with Crippen molar-refractivity contribution in [2.75, 3.05) is 43.3 Å². The van der Waals surface area contributed by atoms with E-state index in [0.717, 1.165) is 0 Å². The number of rotatable bonds is 4. The van der Waals surface area contributed by atoms with Crippen molar-refractivity contribution in [3.8, 4) is 0 Å². The summed E-state index contributed by atoms with van der Waals surface area (Å²) in [4.78, 5) is 27.5. The molecule has 0 radical (unpaired) electrons. The summed E-state index contributed by atoms with van der Waals surface area (Å²) in [6.45, 7) is 5.18. The third-order valence-corrected chi connectivity index (χ3v) is 2.02. The molecule has 98 valence electrons. The molecular weight excluding hydrogens is 232 g/mol. The van der Waals surface area contributed by atoms with Crippen molar-refractivity contribution in [2.45, 2.75) is 6.92 Å². The molecule has 0 aromatic carbocycles. The van der Waals surface area contributed by atoms with E-state index >= 15 is 0 Å². The highest BCUT2D eigenvalue weighted by atomic mass is 16.1. The monoisotopic (exact) mass is 250 g/mol. The Balaban J connectivity index is 3.11. The Bertz CT molecular complexity index is 442. The molecule has 0 unspecified atom stereocenters. The van der Waals surface area contributed by atoms with Crippen molar-refractivity contribution < 1.29 is 4.79 Å². The number of amides is 1. The van der Waals surface area contributed by atoms with Crippen molar-refractivity contribution in [3.63, 3.8) is 0 Å². The van der Waals surface area contributed by atoms with Crippen LogP contribution in [-0.4, -0.2) is 49.0 Å². The van der Waals surface area contributed by atoms with Crippen molar-refractivity contribution >= 4 is 23.8 Å². The van der Waals surface area contributed by atoms with Crippen LogP contribution in [0.5, 0.6) is 0 Å². The first-order valence-electron chi connectivity index (χ1n) is 5.39. The standard InChI is InChI=1S/C11H18N6O/c1-7(2)8(18)12-9-13-10(16(3)4)15-11(14-9)17(5)6/h1H2,2-6H3,(H,12,13,14,15,18). The molecule has 0 bridgehead atoms. The van der Waals surface area contributed by atoms with Gasteiger partial charge in [-0.3, -0.25) is 10.1 Å². The highest BCUT2D eigenvalue weighted by molar-refractivity contribution is 6.01. The third kappa shape index (κ3) is 3.41. The highest BCUT2D eigenvalue weighted by Crippen LogP contribution is 2.13. The Morgan fingerprint density at radius 1 is 1.06 bits per heavy atom. The smallest absolute Gasteiger partial charge is 0.253 e. The number of nitrogens with zero attached hydrogens (tertiary/aromatic N) is 5. The lowest BCUT2D eigenvalue weighted by Crippen LogP contribution is -2.22. The van der Waals surface area contributed by atoms with E-state index in [0.29, 0.717) is 17.5 Å². The number of carbonyl (C=O) groups excluding carboxylic acids is 1. The summed E-state index contributed by atoms with van der Waals surface area (Å²) >= 11 is 0. The van der Waals surface area contributed by atoms with Crippen LogP contribution in [-0.2, 0) is 4.79 Å². The van der Waals surface area contributed by atoms with Gasteiger partial charge in [-0.25, -0.2) is 0 Å². The third-order valence-electron chi connectivity index (χ3n) is 2.02. The molecular formula is C11H18N6O. The number of nitrogens with one attached hydrogen (secondary N) is 1. The summed E-state index contributed by atoms with van der Waals surface area (Å²) < 4.78 is 0. The zero-order chi connectivity index (χ0) is 13.9. The molecule has 18 heavy (non-hydrogen) atoms. The second-order valence-corrected chi connectivity index (χ2v) is 4.28. The average Bonchev–Trinajstić information content (AvgIpc) is 2.28. The van der Waals surface area contributed by atoms with Crippen LogP contribution in [0, 0.1) is 0 Å². The Morgan fingerprint density at radius 2 is 1.50 bits per heavy atom. The van der Waals surface area contributed by atoms with Gasteiger partial charge in [0.15, 0.2) is 0 Å². The van der Waals surface area contributed by atoms with Crippen LogP contribution >= 0.6 is 0 Å². The molecule has 7 heteroatoms. The van der Waals surface area contributed by atoms with Gasteiger partial charge in [0.25, 0.3) is 5.91 Å². The molecule has 0 aliphatic heterocycles.